The second kappa shape index (κ2) is 4.08. The van der Waals surface area contributed by atoms with Crippen molar-refractivity contribution in [1.29, 1.82) is 0 Å². The predicted molar refractivity (Wildman–Crippen MR) is 55.2 cm³/mol. The molecule has 1 N–H and O–H groups in total. The fourth-order valence-corrected chi connectivity index (χ4v) is 1.86. The van der Waals surface area contributed by atoms with E-state index in [1.165, 1.54) is 6.08 Å². The smallest absolute Gasteiger partial charge is 0.357 e. The molecule has 0 amide bonds. The number of rotatable bonds is 1. The lowest BCUT2D eigenvalue weighted by Crippen LogP contribution is -2.59. The van der Waals surface area contributed by atoms with E-state index in [0.29, 0.717) is 24.7 Å². The molecule has 0 aromatic heterocycles. The van der Waals surface area contributed by atoms with Crippen LogP contribution in [0.15, 0.2) is 16.8 Å². The Bertz CT molecular complexity index is 327. The van der Waals surface area contributed by atoms with Crippen molar-refractivity contribution < 1.29 is 13.2 Å². The first-order valence-corrected chi connectivity index (χ1v) is 5.28. The Morgan fingerprint density at radius 2 is 2.12 bits per heavy atom. The highest BCUT2D eigenvalue weighted by Crippen LogP contribution is 2.30. The van der Waals surface area contributed by atoms with Crippen molar-refractivity contribution in [1.82, 2.24) is 10.2 Å². The summed E-state index contributed by atoms with van der Waals surface area (Å²) in [5, 5.41) is 3.08. The van der Waals surface area contributed by atoms with Crippen LogP contribution in [0.1, 0.15) is 12.8 Å². The van der Waals surface area contributed by atoms with Crippen molar-refractivity contribution in [2.75, 3.05) is 20.1 Å². The predicted octanol–water partition coefficient (Wildman–Crippen LogP) is 1.53. The Kier molecular flexibility index (Phi) is 2.92. The molecular weight excluding hydrogens is 219 g/mol. The number of alkyl halides is 3. The van der Waals surface area contributed by atoms with Crippen LogP contribution in [0.4, 0.5) is 13.2 Å². The van der Waals surface area contributed by atoms with E-state index >= 15 is 0 Å². The number of hydrogen-bond donors (Lipinski definition) is 1. The first-order valence-electron chi connectivity index (χ1n) is 5.28. The average Bonchev–Trinajstić information content (AvgIpc) is 2.15. The Balaban J connectivity index is 2.02. The van der Waals surface area contributed by atoms with Gasteiger partial charge in [0.2, 0.25) is 0 Å². The third-order valence-electron chi connectivity index (χ3n) is 2.90. The van der Waals surface area contributed by atoms with Gasteiger partial charge in [-0.3, -0.25) is 0 Å². The summed E-state index contributed by atoms with van der Waals surface area (Å²) in [4.78, 5) is 5.60. The van der Waals surface area contributed by atoms with E-state index in [1.807, 2.05) is 11.9 Å². The maximum atomic E-state index is 12.4. The molecule has 1 fully saturated rings. The largest absolute Gasteiger partial charge is 0.433 e. The molecule has 90 valence electrons. The van der Waals surface area contributed by atoms with Gasteiger partial charge in [0.25, 0.3) is 0 Å². The molecule has 2 aliphatic rings. The number of likely N-dealkylation sites (N-methyl/N-ethyl adjacent to an activating group) is 1. The fraction of sp³-hybridized carbons (Fsp3) is 0.700. The molecule has 3 nitrogen and oxygen atoms in total. The van der Waals surface area contributed by atoms with E-state index in [9.17, 15) is 13.2 Å². The summed E-state index contributed by atoms with van der Waals surface area (Å²) in [6, 6.07) is 0.378. The lowest BCUT2D eigenvalue weighted by Gasteiger charge is -2.42. The summed E-state index contributed by atoms with van der Waals surface area (Å²) in [5.74, 6) is 0.571. The fourth-order valence-electron chi connectivity index (χ4n) is 1.86. The molecule has 6 heteroatoms. The number of amidine groups is 1. The maximum absolute atomic E-state index is 12.4. The van der Waals surface area contributed by atoms with Gasteiger partial charge in [-0.2, -0.15) is 13.2 Å². The molecule has 0 aromatic rings. The average molecular weight is 233 g/mol. The van der Waals surface area contributed by atoms with E-state index < -0.39 is 11.9 Å². The zero-order valence-corrected chi connectivity index (χ0v) is 9.01. The van der Waals surface area contributed by atoms with Crippen LogP contribution in [-0.4, -0.2) is 43.1 Å². The zero-order chi connectivity index (χ0) is 11.8. The second-order valence-corrected chi connectivity index (χ2v) is 4.04. The van der Waals surface area contributed by atoms with Gasteiger partial charge < -0.3 is 10.2 Å². The number of likely N-dealkylation sites (tertiary alicyclic amines) is 1. The SMILES string of the molecule is CNC1CN(C2=NC(C(F)(F)F)=CCC2)C1. The van der Waals surface area contributed by atoms with Gasteiger partial charge in [0.05, 0.1) is 0 Å². The number of halogens is 3. The molecule has 0 radical (unpaired) electrons. The third kappa shape index (κ3) is 2.21. The van der Waals surface area contributed by atoms with Gasteiger partial charge >= 0.3 is 6.18 Å². The van der Waals surface area contributed by atoms with Crippen molar-refractivity contribution in [3.8, 4) is 0 Å². The van der Waals surface area contributed by atoms with Crippen molar-refractivity contribution >= 4 is 5.84 Å². The van der Waals surface area contributed by atoms with Crippen molar-refractivity contribution in [2.45, 2.75) is 25.1 Å². The Hall–Kier alpha value is -1.04. The highest BCUT2D eigenvalue weighted by Gasteiger charge is 2.37. The third-order valence-corrected chi connectivity index (χ3v) is 2.90. The van der Waals surface area contributed by atoms with Crippen LogP contribution in [0.2, 0.25) is 0 Å². The van der Waals surface area contributed by atoms with Crippen LogP contribution in [0.5, 0.6) is 0 Å². The van der Waals surface area contributed by atoms with E-state index in [-0.39, 0.29) is 0 Å². The molecular formula is C10H14F3N3. The number of nitrogens with zero attached hydrogens (tertiary/aromatic N) is 2. The quantitative estimate of drug-likeness (QED) is 0.743. The van der Waals surface area contributed by atoms with Crippen LogP contribution < -0.4 is 5.32 Å². The zero-order valence-electron chi connectivity index (χ0n) is 9.01. The Labute approximate surface area is 92.0 Å². The molecule has 0 bridgehead atoms. The van der Waals surface area contributed by atoms with Gasteiger partial charge in [-0.25, -0.2) is 4.99 Å². The van der Waals surface area contributed by atoms with Gasteiger partial charge in [-0.05, 0) is 13.5 Å². The normalized spacial score (nSPS) is 22.6. The first-order chi connectivity index (χ1) is 7.50. The van der Waals surface area contributed by atoms with Crippen LogP contribution in [0.25, 0.3) is 0 Å². The minimum absolute atomic E-state index is 0.378. The molecule has 0 spiro atoms. The standard InChI is InChI=1S/C10H14F3N3/c1-14-7-5-16(6-7)9-4-2-3-8(15-9)10(11,12)13/h3,7,14H,2,4-6H2,1H3. The molecule has 2 heterocycles. The Morgan fingerprint density at radius 1 is 1.44 bits per heavy atom. The topological polar surface area (TPSA) is 27.6 Å². The first kappa shape index (κ1) is 11.4. The number of aliphatic imine (C=N–C) groups is 1. The Morgan fingerprint density at radius 3 is 2.69 bits per heavy atom. The van der Waals surface area contributed by atoms with Crippen molar-refractivity contribution in [2.24, 2.45) is 4.99 Å². The maximum Gasteiger partial charge on any atom is 0.433 e. The van der Waals surface area contributed by atoms with E-state index in [4.69, 9.17) is 0 Å². The molecule has 0 aliphatic carbocycles. The van der Waals surface area contributed by atoms with Crippen LogP contribution >= 0.6 is 0 Å². The van der Waals surface area contributed by atoms with Crippen LogP contribution in [0, 0.1) is 0 Å². The van der Waals surface area contributed by atoms with Gasteiger partial charge in [0.1, 0.15) is 11.5 Å². The molecule has 0 aromatic carbocycles. The molecule has 0 unspecified atom stereocenters. The monoisotopic (exact) mass is 233 g/mol. The summed E-state index contributed by atoms with van der Waals surface area (Å²) in [6.45, 7) is 1.50. The van der Waals surface area contributed by atoms with Gasteiger partial charge in [0.15, 0.2) is 0 Å². The van der Waals surface area contributed by atoms with E-state index in [1.54, 1.807) is 0 Å². The molecule has 0 saturated carbocycles. The summed E-state index contributed by atoms with van der Waals surface area (Å²) in [7, 11) is 1.85. The minimum Gasteiger partial charge on any atom is -0.357 e. The summed E-state index contributed by atoms with van der Waals surface area (Å²) in [6.07, 6.45) is -2.12. The number of hydrogen-bond acceptors (Lipinski definition) is 3. The lowest BCUT2D eigenvalue weighted by molar-refractivity contribution is -0.0929. The van der Waals surface area contributed by atoms with Gasteiger partial charge in [0, 0.05) is 25.6 Å². The van der Waals surface area contributed by atoms with Crippen molar-refractivity contribution in [3.63, 3.8) is 0 Å². The molecule has 0 atom stereocenters. The van der Waals surface area contributed by atoms with Crippen molar-refractivity contribution in [3.05, 3.63) is 11.8 Å². The van der Waals surface area contributed by atoms with Gasteiger partial charge in [-0.1, -0.05) is 6.08 Å². The van der Waals surface area contributed by atoms with E-state index in [0.717, 1.165) is 13.1 Å². The summed E-state index contributed by atoms with van der Waals surface area (Å²) in [5.41, 5.74) is -0.748. The number of allylic oxidation sites excluding steroid dienone is 2. The molecule has 1 saturated heterocycles. The highest BCUT2D eigenvalue weighted by molar-refractivity contribution is 5.85. The molecule has 16 heavy (non-hydrogen) atoms. The highest BCUT2D eigenvalue weighted by atomic mass is 19.4. The number of nitrogens with one attached hydrogen (secondary N) is 1. The lowest BCUT2D eigenvalue weighted by atomic mass is 10.1. The summed E-state index contributed by atoms with van der Waals surface area (Å²) < 4.78 is 37.3. The molecule has 2 aliphatic heterocycles. The summed E-state index contributed by atoms with van der Waals surface area (Å²) >= 11 is 0. The van der Waals surface area contributed by atoms with Gasteiger partial charge in [-0.15, -0.1) is 0 Å². The van der Waals surface area contributed by atoms with E-state index in [2.05, 4.69) is 10.3 Å². The van der Waals surface area contributed by atoms with Crippen LogP contribution in [0.3, 0.4) is 0 Å². The molecule has 2 rings (SSSR count). The van der Waals surface area contributed by atoms with Crippen LogP contribution in [-0.2, 0) is 0 Å². The minimum atomic E-state index is -4.32. The second-order valence-electron chi connectivity index (χ2n) is 4.04.